The number of aromatic nitrogens is 6. The van der Waals surface area contributed by atoms with E-state index in [1.165, 1.54) is 9.58 Å². The van der Waals surface area contributed by atoms with Gasteiger partial charge in [0.1, 0.15) is 10.8 Å². The standard InChI is InChI=1S/C21H19ClN8O3/c1-29-9-7-21(32,19(29)31)17-10-15(28-33-17)13-5-3-4-12(25-13)14-6-8-23-20(26-14)27-16-11-24-30(2)18(16)22/h3-6,8,10-11,32H,7,9H2,1-2H3,(H,23,26,27)/t21-/m1/s1. The Bertz CT molecular complexity index is 1350. The van der Waals surface area contributed by atoms with Gasteiger partial charge in [-0.15, -0.1) is 0 Å². The molecular weight excluding hydrogens is 448 g/mol. The van der Waals surface area contributed by atoms with E-state index in [-0.39, 0.29) is 12.2 Å². The Balaban J connectivity index is 1.42. The molecule has 5 rings (SSSR count). The molecule has 2 N–H and O–H groups in total. The number of rotatable bonds is 5. The van der Waals surface area contributed by atoms with Crippen molar-refractivity contribution in [2.75, 3.05) is 18.9 Å². The summed E-state index contributed by atoms with van der Waals surface area (Å²) in [5.74, 6) is 0.0204. The number of carbonyl (C=O) groups excluding carboxylic acids is 1. The largest absolute Gasteiger partial charge is 0.373 e. The molecule has 4 aromatic rings. The van der Waals surface area contributed by atoms with Gasteiger partial charge in [0, 0.05) is 39.3 Å². The van der Waals surface area contributed by atoms with Crippen LogP contribution in [0.15, 0.2) is 47.2 Å². The van der Waals surface area contributed by atoms with Gasteiger partial charge < -0.3 is 19.8 Å². The number of halogens is 1. The number of nitrogens with one attached hydrogen (secondary N) is 1. The van der Waals surface area contributed by atoms with Crippen LogP contribution in [0.1, 0.15) is 12.2 Å². The van der Waals surface area contributed by atoms with Crippen LogP contribution in [0.4, 0.5) is 11.6 Å². The van der Waals surface area contributed by atoms with E-state index in [0.717, 1.165) is 0 Å². The molecule has 1 aliphatic rings. The highest BCUT2D eigenvalue weighted by molar-refractivity contribution is 6.32. The molecule has 0 spiro atoms. The molecule has 168 valence electrons. The summed E-state index contributed by atoms with van der Waals surface area (Å²) in [7, 11) is 3.37. The van der Waals surface area contributed by atoms with Gasteiger partial charge in [0.15, 0.2) is 5.76 Å². The van der Waals surface area contributed by atoms with Crippen molar-refractivity contribution in [2.24, 2.45) is 7.05 Å². The number of aliphatic hydroxyl groups is 1. The smallest absolute Gasteiger partial charge is 0.262 e. The van der Waals surface area contributed by atoms with Crippen LogP contribution in [0.5, 0.6) is 0 Å². The van der Waals surface area contributed by atoms with Crippen molar-refractivity contribution in [3.05, 3.63) is 53.6 Å². The van der Waals surface area contributed by atoms with Crippen LogP contribution >= 0.6 is 11.6 Å². The van der Waals surface area contributed by atoms with E-state index in [9.17, 15) is 9.90 Å². The van der Waals surface area contributed by atoms with E-state index < -0.39 is 11.5 Å². The van der Waals surface area contributed by atoms with Gasteiger partial charge in [-0.3, -0.25) is 9.48 Å². The Hall–Kier alpha value is -3.83. The first-order valence-electron chi connectivity index (χ1n) is 10.1. The van der Waals surface area contributed by atoms with E-state index in [1.54, 1.807) is 50.8 Å². The summed E-state index contributed by atoms with van der Waals surface area (Å²) >= 11 is 6.19. The molecule has 1 fully saturated rings. The molecule has 1 saturated heterocycles. The molecule has 1 amide bonds. The Morgan fingerprint density at radius 2 is 1.91 bits per heavy atom. The molecule has 0 unspecified atom stereocenters. The fraction of sp³-hybridized carbons (Fsp3) is 0.238. The maximum Gasteiger partial charge on any atom is 0.262 e. The van der Waals surface area contributed by atoms with Crippen LogP contribution in [0.3, 0.4) is 0 Å². The molecule has 0 bridgehead atoms. The highest BCUT2D eigenvalue weighted by atomic mass is 35.5. The minimum atomic E-state index is -1.71. The van der Waals surface area contributed by atoms with Crippen molar-refractivity contribution in [2.45, 2.75) is 12.0 Å². The zero-order valence-corrected chi connectivity index (χ0v) is 18.5. The third kappa shape index (κ3) is 3.70. The van der Waals surface area contributed by atoms with Crippen LogP contribution in [-0.4, -0.2) is 59.4 Å². The number of pyridine rings is 1. The van der Waals surface area contributed by atoms with E-state index in [1.807, 2.05) is 6.07 Å². The average molecular weight is 467 g/mol. The number of likely N-dealkylation sites (N-methyl/N-ethyl adjacent to an activating group) is 1. The monoisotopic (exact) mass is 466 g/mol. The van der Waals surface area contributed by atoms with Gasteiger partial charge in [-0.1, -0.05) is 22.8 Å². The highest BCUT2D eigenvalue weighted by Gasteiger charge is 2.48. The van der Waals surface area contributed by atoms with Crippen LogP contribution in [0.25, 0.3) is 22.8 Å². The fourth-order valence-corrected chi connectivity index (χ4v) is 3.72. The van der Waals surface area contributed by atoms with Crippen molar-refractivity contribution in [1.82, 2.24) is 34.8 Å². The number of hydrogen-bond acceptors (Lipinski definition) is 9. The molecule has 12 heteroatoms. The maximum absolute atomic E-state index is 12.3. The van der Waals surface area contributed by atoms with Crippen LogP contribution < -0.4 is 5.32 Å². The second-order valence-corrected chi connectivity index (χ2v) is 8.04. The normalized spacial score (nSPS) is 18.2. The molecule has 0 aromatic carbocycles. The first kappa shape index (κ1) is 21.0. The second-order valence-electron chi connectivity index (χ2n) is 7.68. The molecule has 1 aliphatic heterocycles. The Kier molecular flexibility index (Phi) is 5.06. The van der Waals surface area contributed by atoms with Crippen molar-refractivity contribution in [1.29, 1.82) is 0 Å². The van der Waals surface area contributed by atoms with Crippen LogP contribution in [0.2, 0.25) is 5.15 Å². The maximum atomic E-state index is 12.3. The van der Waals surface area contributed by atoms with E-state index in [0.29, 0.717) is 46.1 Å². The number of aryl methyl sites for hydroxylation is 1. The molecule has 4 aromatic heterocycles. The quantitative estimate of drug-likeness (QED) is 0.454. The minimum Gasteiger partial charge on any atom is -0.373 e. The lowest BCUT2D eigenvalue weighted by Crippen LogP contribution is -2.35. The number of hydrogen-bond donors (Lipinski definition) is 2. The lowest BCUT2D eigenvalue weighted by molar-refractivity contribution is -0.144. The van der Waals surface area contributed by atoms with Crippen molar-refractivity contribution < 1.29 is 14.4 Å². The molecule has 11 nitrogen and oxygen atoms in total. The van der Waals surface area contributed by atoms with Gasteiger partial charge in [0.25, 0.3) is 5.91 Å². The number of anilines is 2. The van der Waals surface area contributed by atoms with Crippen molar-refractivity contribution in [3.8, 4) is 22.8 Å². The molecular formula is C21H19ClN8O3. The van der Waals surface area contributed by atoms with E-state index in [4.69, 9.17) is 16.1 Å². The topological polar surface area (TPSA) is 135 Å². The summed E-state index contributed by atoms with van der Waals surface area (Å²) in [6, 6.07) is 8.64. The first-order chi connectivity index (χ1) is 15.8. The molecule has 33 heavy (non-hydrogen) atoms. The molecule has 5 heterocycles. The molecule has 0 saturated carbocycles. The van der Waals surface area contributed by atoms with Gasteiger partial charge in [-0.2, -0.15) is 5.10 Å². The van der Waals surface area contributed by atoms with Crippen LogP contribution in [0, 0.1) is 0 Å². The predicted molar refractivity (Wildman–Crippen MR) is 118 cm³/mol. The minimum absolute atomic E-state index is 0.0981. The number of nitrogens with zero attached hydrogens (tertiary/aromatic N) is 7. The first-order valence-corrected chi connectivity index (χ1v) is 10.4. The summed E-state index contributed by atoms with van der Waals surface area (Å²) in [5.41, 5.74) is 0.932. The molecule has 1 atom stereocenters. The third-order valence-electron chi connectivity index (χ3n) is 5.47. The van der Waals surface area contributed by atoms with Gasteiger partial charge >= 0.3 is 0 Å². The summed E-state index contributed by atoms with van der Waals surface area (Å²) in [6.07, 6.45) is 3.43. The van der Waals surface area contributed by atoms with Gasteiger partial charge in [0.05, 0.1) is 29.0 Å². The Morgan fingerprint density at radius 1 is 1.15 bits per heavy atom. The van der Waals surface area contributed by atoms with Crippen molar-refractivity contribution >= 4 is 29.1 Å². The Morgan fingerprint density at radius 3 is 2.61 bits per heavy atom. The zero-order chi connectivity index (χ0) is 23.2. The Labute approximate surface area is 193 Å². The lowest BCUT2D eigenvalue weighted by Gasteiger charge is -2.16. The third-order valence-corrected chi connectivity index (χ3v) is 5.92. The second kappa shape index (κ2) is 7.94. The zero-order valence-electron chi connectivity index (χ0n) is 17.7. The summed E-state index contributed by atoms with van der Waals surface area (Å²) in [6.45, 7) is 0.438. The summed E-state index contributed by atoms with van der Waals surface area (Å²) in [5, 5.41) is 22.4. The van der Waals surface area contributed by atoms with Gasteiger partial charge in [-0.25, -0.2) is 15.0 Å². The molecule has 0 aliphatic carbocycles. The van der Waals surface area contributed by atoms with E-state index in [2.05, 4.69) is 30.5 Å². The highest BCUT2D eigenvalue weighted by Crippen LogP contribution is 2.34. The number of likely N-dealkylation sites (tertiary alicyclic amines) is 1. The number of carbonyl (C=O) groups is 1. The molecule has 0 radical (unpaired) electrons. The van der Waals surface area contributed by atoms with Gasteiger partial charge in [0.2, 0.25) is 11.5 Å². The van der Waals surface area contributed by atoms with Crippen LogP contribution in [-0.2, 0) is 17.4 Å². The predicted octanol–water partition coefficient (Wildman–Crippen LogP) is 2.37. The summed E-state index contributed by atoms with van der Waals surface area (Å²) in [4.78, 5) is 27.1. The number of amides is 1. The SMILES string of the molecule is CN1CC[C@@](O)(c2cc(-c3cccc(-c4ccnc(Nc5cnn(C)c5Cl)n4)n3)no2)C1=O. The van der Waals surface area contributed by atoms with Gasteiger partial charge in [-0.05, 0) is 18.2 Å². The van der Waals surface area contributed by atoms with E-state index >= 15 is 0 Å². The lowest BCUT2D eigenvalue weighted by atomic mass is 9.98. The average Bonchev–Trinajstić information content (AvgIpc) is 3.52. The fourth-order valence-electron chi connectivity index (χ4n) is 3.58. The van der Waals surface area contributed by atoms with Crippen molar-refractivity contribution in [3.63, 3.8) is 0 Å². The summed E-state index contributed by atoms with van der Waals surface area (Å²) < 4.78 is 6.85.